The topological polar surface area (TPSA) is 69.6 Å². The van der Waals surface area contributed by atoms with Crippen LogP contribution in [0.1, 0.15) is 15.9 Å². The standard InChI is InChI=1S/C16H12BrNO3/c17-12-7-8-13(15(20)10-12)16(21)18-14-6-2-1-4-11(14)5-3-9-19/h1-2,4,6-8,10,19-20H,9H2,(H,18,21). The maximum absolute atomic E-state index is 12.2. The molecule has 0 fully saturated rings. The van der Waals surface area contributed by atoms with Gasteiger partial charge in [-0.15, -0.1) is 0 Å². The summed E-state index contributed by atoms with van der Waals surface area (Å²) in [7, 11) is 0. The number of aliphatic hydroxyl groups excluding tert-OH is 1. The molecule has 4 nitrogen and oxygen atoms in total. The van der Waals surface area contributed by atoms with E-state index in [0.717, 1.165) is 0 Å². The third-order valence-electron chi connectivity index (χ3n) is 2.68. The van der Waals surface area contributed by atoms with Crippen molar-refractivity contribution in [2.24, 2.45) is 0 Å². The Morgan fingerprint density at radius 2 is 2.00 bits per heavy atom. The van der Waals surface area contributed by atoms with Crippen molar-refractivity contribution >= 4 is 27.5 Å². The lowest BCUT2D eigenvalue weighted by Gasteiger charge is -2.09. The Balaban J connectivity index is 2.27. The lowest BCUT2D eigenvalue weighted by atomic mass is 10.1. The van der Waals surface area contributed by atoms with E-state index < -0.39 is 5.91 Å². The molecule has 0 aromatic heterocycles. The molecule has 0 aliphatic heterocycles. The highest BCUT2D eigenvalue weighted by Crippen LogP contribution is 2.24. The molecule has 0 spiro atoms. The molecule has 3 N–H and O–H groups in total. The number of phenolic OH excluding ortho intramolecular Hbond substituents is 1. The summed E-state index contributed by atoms with van der Waals surface area (Å²) < 4.78 is 0.686. The number of carbonyl (C=O) groups is 1. The van der Waals surface area contributed by atoms with E-state index in [4.69, 9.17) is 5.11 Å². The van der Waals surface area contributed by atoms with Crippen molar-refractivity contribution in [2.45, 2.75) is 0 Å². The first kappa shape index (κ1) is 15.1. The minimum absolute atomic E-state index is 0.110. The van der Waals surface area contributed by atoms with Crippen LogP contribution < -0.4 is 5.32 Å². The van der Waals surface area contributed by atoms with E-state index in [1.807, 2.05) is 0 Å². The second-order valence-electron chi connectivity index (χ2n) is 4.12. The van der Waals surface area contributed by atoms with E-state index >= 15 is 0 Å². The Hall–Kier alpha value is -2.29. The van der Waals surface area contributed by atoms with Gasteiger partial charge in [-0.1, -0.05) is 39.9 Å². The van der Waals surface area contributed by atoms with Gasteiger partial charge in [-0.2, -0.15) is 0 Å². The van der Waals surface area contributed by atoms with E-state index in [1.165, 1.54) is 12.1 Å². The van der Waals surface area contributed by atoms with Gasteiger partial charge in [-0.25, -0.2) is 0 Å². The number of anilines is 1. The number of aliphatic hydroxyl groups is 1. The van der Waals surface area contributed by atoms with E-state index in [2.05, 4.69) is 33.1 Å². The molecule has 106 valence electrons. The molecular formula is C16H12BrNO3. The van der Waals surface area contributed by atoms with Gasteiger partial charge in [0.2, 0.25) is 0 Å². The molecule has 0 unspecified atom stereocenters. The zero-order valence-corrected chi connectivity index (χ0v) is 12.5. The predicted octanol–water partition coefficient (Wildman–Crippen LogP) is 2.75. The maximum atomic E-state index is 12.2. The number of amides is 1. The van der Waals surface area contributed by atoms with Crippen LogP contribution in [-0.4, -0.2) is 22.7 Å². The summed E-state index contributed by atoms with van der Waals surface area (Å²) in [4.78, 5) is 12.2. The zero-order valence-electron chi connectivity index (χ0n) is 10.9. The van der Waals surface area contributed by atoms with Gasteiger partial charge in [0.05, 0.1) is 11.3 Å². The number of phenols is 1. The molecule has 5 heteroatoms. The number of hydrogen-bond donors (Lipinski definition) is 3. The highest BCUT2D eigenvalue weighted by molar-refractivity contribution is 9.10. The Labute approximate surface area is 130 Å². The number of aromatic hydroxyl groups is 1. The van der Waals surface area contributed by atoms with Gasteiger partial charge in [0.15, 0.2) is 0 Å². The van der Waals surface area contributed by atoms with Crippen molar-refractivity contribution < 1.29 is 15.0 Å². The second-order valence-corrected chi connectivity index (χ2v) is 5.04. The highest BCUT2D eigenvalue weighted by atomic mass is 79.9. The average Bonchev–Trinajstić information content (AvgIpc) is 2.46. The number of benzene rings is 2. The summed E-state index contributed by atoms with van der Waals surface area (Å²) >= 11 is 3.22. The monoisotopic (exact) mass is 345 g/mol. The van der Waals surface area contributed by atoms with Crippen molar-refractivity contribution in [2.75, 3.05) is 11.9 Å². The van der Waals surface area contributed by atoms with Crippen LogP contribution in [0.15, 0.2) is 46.9 Å². The minimum Gasteiger partial charge on any atom is -0.507 e. The molecule has 0 aliphatic rings. The van der Waals surface area contributed by atoms with Gasteiger partial charge in [0.25, 0.3) is 5.91 Å². The first-order chi connectivity index (χ1) is 10.1. The second kappa shape index (κ2) is 6.93. The van der Waals surface area contributed by atoms with E-state index in [9.17, 15) is 9.90 Å². The van der Waals surface area contributed by atoms with Crippen LogP contribution in [-0.2, 0) is 0 Å². The number of hydrogen-bond acceptors (Lipinski definition) is 3. The zero-order chi connectivity index (χ0) is 15.2. The molecule has 0 atom stereocenters. The summed E-state index contributed by atoms with van der Waals surface area (Å²) in [6.07, 6.45) is 0. The summed E-state index contributed by atoms with van der Waals surface area (Å²) in [5.74, 6) is 4.75. The Kier molecular flexibility index (Phi) is 4.99. The van der Waals surface area contributed by atoms with E-state index in [1.54, 1.807) is 30.3 Å². The lowest BCUT2D eigenvalue weighted by molar-refractivity contribution is 0.102. The highest BCUT2D eigenvalue weighted by Gasteiger charge is 2.12. The first-order valence-electron chi connectivity index (χ1n) is 6.10. The van der Waals surface area contributed by atoms with Crippen LogP contribution in [0, 0.1) is 11.8 Å². The molecule has 21 heavy (non-hydrogen) atoms. The maximum Gasteiger partial charge on any atom is 0.259 e. The molecule has 2 rings (SSSR count). The van der Waals surface area contributed by atoms with Gasteiger partial charge in [-0.3, -0.25) is 4.79 Å². The Morgan fingerprint density at radius 1 is 1.24 bits per heavy atom. The van der Waals surface area contributed by atoms with Crippen molar-refractivity contribution in [1.29, 1.82) is 0 Å². The van der Waals surface area contributed by atoms with Gasteiger partial charge in [0, 0.05) is 10.0 Å². The predicted molar refractivity (Wildman–Crippen MR) is 84.2 cm³/mol. The molecule has 1 amide bonds. The molecule has 2 aromatic carbocycles. The van der Waals surface area contributed by atoms with Gasteiger partial charge >= 0.3 is 0 Å². The molecule has 0 heterocycles. The van der Waals surface area contributed by atoms with Crippen molar-refractivity contribution in [3.8, 4) is 17.6 Å². The summed E-state index contributed by atoms with van der Waals surface area (Å²) in [5, 5.41) is 21.2. The number of halogens is 1. The summed E-state index contributed by atoms with van der Waals surface area (Å²) in [6.45, 7) is -0.254. The molecule has 0 aliphatic carbocycles. The largest absolute Gasteiger partial charge is 0.507 e. The van der Waals surface area contributed by atoms with Crippen molar-refractivity contribution in [3.63, 3.8) is 0 Å². The summed E-state index contributed by atoms with van der Waals surface area (Å²) in [5.41, 5.74) is 1.28. The minimum atomic E-state index is -0.432. The molecular weight excluding hydrogens is 334 g/mol. The fraction of sp³-hybridized carbons (Fsp3) is 0.0625. The molecule has 2 aromatic rings. The molecule has 0 bridgehead atoms. The third-order valence-corrected chi connectivity index (χ3v) is 3.18. The van der Waals surface area contributed by atoms with Gasteiger partial charge < -0.3 is 15.5 Å². The van der Waals surface area contributed by atoms with Gasteiger partial charge in [-0.05, 0) is 30.3 Å². The number of carbonyl (C=O) groups excluding carboxylic acids is 1. The van der Waals surface area contributed by atoms with E-state index in [0.29, 0.717) is 15.7 Å². The SMILES string of the molecule is O=C(Nc1ccccc1C#CCO)c1ccc(Br)cc1O. The average molecular weight is 346 g/mol. The number of para-hydroxylation sites is 1. The fourth-order valence-corrected chi connectivity index (χ4v) is 2.07. The third kappa shape index (κ3) is 3.85. The van der Waals surface area contributed by atoms with Crippen LogP contribution in [0.4, 0.5) is 5.69 Å². The van der Waals surface area contributed by atoms with Crippen LogP contribution >= 0.6 is 15.9 Å². The van der Waals surface area contributed by atoms with Gasteiger partial charge in [0.1, 0.15) is 12.4 Å². The number of rotatable bonds is 2. The first-order valence-corrected chi connectivity index (χ1v) is 6.89. The van der Waals surface area contributed by atoms with Crippen LogP contribution in [0.2, 0.25) is 0 Å². The fourth-order valence-electron chi connectivity index (χ4n) is 1.72. The normalized spacial score (nSPS) is 9.62. The molecule has 0 radical (unpaired) electrons. The Bertz CT molecular complexity index is 732. The Morgan fingerprint density at radius 3 is 2.71 bits per heavy atom. The van der Waals surface area contributed by atoms with Crippen LogP contribution in [0.25, 0.3) is 0 Å². The lowest BCUT2D eigenvalue weighted by Crippen LogP contribution is -2.13. The molecule has 0 saturated carbocycles. The van der Waals surface area contributed by atoms with Crippen LogP contribution in [0.5, 0.6) is 5.75 Å². The number of nitrogens with one attached hydrogen (secondary N) is 1. The van der Waals surface area contributed by atoms with Crippen LogP contribution in [0.3, 0.4) is 0 Å². The summed E-state index contributed by atoms with van der Waals surface area (Å²) in [6, 6.07) is 11.6. The smallest absolute Gasteiger partial charge is 0.259 e. The van der Waals surface area contributed by atoms with E-state index in [-0.39, 0.29) is 17.9 Å². The molecule has 0 saturated heterocycles. The quantitative estimate of drug-likeness (QED) is 0.733. The van der Waals surface area contributed by atoms with Crippen molar-refractivity contribution in [3.05, 3.63) is 58.1 Å². The van der Waals surface area contributed by atoms with Crippen molar-refractivity contribution in [1.82, 2.24) is 0 Å².